The molecule has 0 saturated heterocycles. The van der Waals surface area contributed by atoms with E-state index in [0.29, 0.717) is 0 Å². The Morgan fingerprint density at radius 1 is 1.12 bits per heavy atom. The molecule has 0 radical (unpaired) electrons. The van der Waals surface area contributed by atoms with Gasteiger partial charge in [-0.3, -0.25) is 8.80 Å². The lowest BCUT2D eigenvalue weighted by Gasteiger charge is -2.26. The highest BCUT2D eigenvalue weighted by Crippen LogP contribution is 2.09. The van der Waals surface area contributed by atoms with Gasteiger partial charge in [-0.2, -0.15) is 18.8 Å². The van der Waals surface area contributed by atoms with Gasteiger partial charge >= 0.3 is 0 Å². The molecule has 50 valence electrons. The number of hydrogen-bond acceptors (Lipinski definition) is 0. The van der Waals surface area contributed by atoms with Crippen molar-refractivity contribution in [1.82, 2.24) is 0 Å². The topological polar surface area (TPSA) is 0 Å². The number of rotatable bonds is 2. The maximum atomic E-state index is 2.45. The minimum atomic E-state index is -0.675. The van der Waals surface area contributed by atoms with Crippen LogP contribution in [0.15, 0.2) is 0 Å². The lowest BCUT2D eigenvalue weighted by Crippen LogP contribution is -2.25. The Hall–Kier alpha value is 0.434. The van der Waals surface area contributed by atoms with Crippen molar-refractivity contribution in [3.05, 3.63) is 0 Å². The second kappa shape index (κ2) is 2.83. The van der Waals surface area contributed by atoms with Crippen LogP contribution in [0.5, 0.6) is 0 Å². The Labute approximate surface area is 55.9 Å². The van der Waals surface area contributed by atoms with E-state index in [1.54, 1.807) is 5.67 Å². The Morgan fingerprint density at radius 3 is 1.50 bits per heavy atom. The smallest absolute Gasteiger partial charge is 0.0116 e. The molecule has 0 nitrogen and oxygen atoms in total. The van der Waals surface area contributed by atoms with Crippen LogP contribution in [0.1, 0.15) is 0 Å². The molecule has 0 bridgehead atoms. The molecule has 0 heterocycles. The summed E-state index contributed by atoms with van der Waals surface area (Å²) in [7, 11) is -0.605. The van der Waals surface area contributed by atoms with E-state index in [2.05, 4.69) is 32.7 Å². The highest BCUT2D eigenvalue weighted by molar-refractivity contribution is 6.86. The Balaban J connectivity index is 3.39. The first-order valence-corrected chi connectivity index (χ1v) is 9.62. The second-order valence-electron chi connectivity index (χ2n) is 3.94. The van der Waals surface area contributed by atoms with Crippen molar-refractivity contribution >= 4 is 16.9 Å². The molecule has 0 amide bonds. The van der Waals surface area contributed by atoms with Crippen LogP contribution in [0.3, 0.4) is 0 Å². The average molecular weight is 145 g/mol. The molecule has 0 rings (SSSR count). The van der Waals surface area contributed by atoms with Gasteiger partial charge in [-0.05, 0) is 0 Å². The molecule has 2 heteroatoms. The maximum absolute atomic E-state index is 2.45. The Morgan fingerprint density at radius 2 is 1.50 bits per heavy atom. The normalized spacial score (nSPS) is 12.8. The standard InChI is InChI=1S/C6H17Si2/c1-7(2)6-8(3,4)5/h6H2,1-5H3/q-1. The fraction of sp³-hybridized carbons (Fsp3) is 1.00. The maximum Gasteiger partial charge on any atom is 0.0116 e. The van der Waals surface area contributed by atoms with Crippen molar-refractivity contribution in [2.24, 2.45) is 0 Å². The summed E-state index contributed by atoms with van der Waals surface area (Å²) in [4.78, 5) is 0. The molecule has 0 aliphatic rings. The van der Waals surface area contributed by atoms with Gasteiger partial charge in [0.2, 0.25) is 0 Å². The van der Waals surface area contributed by atoms with Crippen LogP contribution in [0.2, 0.25) is 38.4 Å². The lowest BCUT2D eigenvalue weighted by molar-refractivity contribution is 1.59. The van der Waals surface area contributed by atoms with Crippen molar-refractivity contribution in [3.8, 4) is 0 Å². The summed E-state index contributed by atoms with van der Waals surface area (Å²) in [5.74, 6) is 0. The molecule has 0 spiro atoms. The predicted octanol–water partition coefficient (Wildman–Crippen LogP) is 2.62. The fourth-order valence-corrected chi connectivity index (χ4v) is 9.55. The summed E-state index contributed by atoms with van der Waals surface area (Å²) < 4.78 is 0. The van der Waals surface area contributed by atoms with Crippen LogP contribution in [-0.2, 0) is 0 Å². The van der Waals surface area contributed by atoms with E-state index in [1.165, 1.54) is 0 Å². The molecule has 8 heavy (non-hydrogen) atoms. The zero-order valence-electron chi connectivity index (χ0n) is 6.71. The van der Waals surface area contributed by atoms with Crippen LogP contribution in [0.25, 0.3) is 0 Å². The summed E-state index contributed by atoms with van der Waals surface area (Å²) in [5, 5.41) is 0. The van der Waals surface area contributed by atoms with Gasteiger partial charge in [0.05, 0.1) is 0 Å². The van der Waals surface area contributed by atoms with Gasteiger partial charge in [-0.1, -0.05) is 19.6 Å². The SMILES string of the molecule is C[Si-](C)C[Si](C)(C)C. The predicted molar refractivity (Wildman–Crippen MR) is 45.6 cm³/mol. The van der Waals surface area contributed by atoms with Crippen molar-refractivity contribution in [3.63, 3.8) is 0 Å². The monoisotopic (exact) mass is 145 g/mol. The highest BCUT2D eigenvalue weighted by atomic mass is 28.4. The summed E-state index contributed by atoms with van der Waals surface area (Å²) in [6.45, 7) is 12.2. The molecule has 0 aromatic rings. The molecule has 0 aromatic heterocycles. The summed E-state index contributed by atoms with van der Waals surface area (Å²) in [6.07, 6.45) is 0. The van der Waals surface area contributed by atoms with Gasteiger partial charge in [-0.15, -0.1) is 0 Å². The molecule has 0 N–H and O–H groups in total. The van der Waals surface area contributed by atoms with Gasteiger partial charge in [0.25, 0.3) is 0 Å². The van der Waals surface area contributed by atoms with Crippen LogP contribution < -0.4 is 0 Å². The first-order valence-electron chi connectivity index (χ1n) is 3.21. The highest BCUT2D eigenvalue weighted by Gasteiger charge is 2.06. The van der Waals surface area contributed by atoms with E-state index in [1.807, 2.05) is 0 Å². The molecule has 0 fully saturated rings. The van der Waals surface area contributed by atoms with Crippen molar-refractivity contribution in [2.75, 3.05) is 0 Å². The third kappa shape index (κ3) is 6.43. The summed E-state index contributed by atoms with van der Waals surface area (Å²) >= 11 is 0. The third-order valence-corrected chi connectivity index (χ3v) is 7.95. The zero-order valence-corrected chi connectivity index (χ0v) is 8.71. The molecule has 0 aliphatic carbocycles. The summed E-state index contributed by atoms with van der Waals surface area (Å²) in [5.41, 5.74) is 1.57. The Kier molecular flexibility index (Phi) is 2.98. The Bertz CT molecular complexity index is 61.4. The van der Waals surface area contributed by atoms with E-state index in [4.69, 9.17) is 0 Å². The van der Waals surface area contributed by atoms with E-state index in [9.17, 15) is 0 Å². The molecule has 0 aliphatic heterocycles. The van der Waals surface area contributed by atoms with Crippen LogP contribution >= 0.6 is 0 Å². The molecular weight excluding hydrogens is 128 g/mol. The molecule has 0 aromatic carbocycles. The minimum Gasteiger partial charge on any atom is -0.270 e. The second-order valence-corrected chi connectivity index (χ2v) is 12.9. The van der Waals surface area contributed by atoms with Gasteiger partial charge in [0.15, 0.2) is 0 Å². The van der Waals surface area contributed by atoms with Crippen LogP contribution in [-0.4, -0.2) is 16.9 Å². The van der Waals surface area contributed by atoms with Crippen molar-refractivity contribution in [1.29, 1.82) is 0 Å². The van der Waals surface area contributed by atoms with E-state index in [0.717, 1.165) is 0 Å². The lowest BCUT2D eigenvalue weighted by atomic mass is 11.7. The van der Waals surface area contributed by atoms with Gasteiger partial charge < -0.3 is 0 Å². The van der Waals surface area contributed by atoms with Crippen LogP contribution in [0, 0.1) is 0 Å². The zero-order chi connectivity index (χ0) is 6.78. The van der Waals surface area contributed by atoms with E-state index in [-0.39, 0.29) is 8.80 Å². The first kappa shape index (κ1) is 8.43. The van der Waals surface area contributed by atoms with Gasteiger partial charge in [0.1, 0.15) is 0 Å². The number of hydrogen-bond donors (Lipinski definition) is 0. The van der Waals surface area contributed by atoms with Crippen LogP contribution in [0.4, 0.5) is 0 Å². The fourth-order valence-electron chi connectivity index (χ4n) is 1.06. The van der Waals surface area contributed by atoms with Gasteiger partial charge in [-0.25, -0.2) is 0 Å². The van der Waals surface area contributed by atoms with E-state index >= 15 is 0 Å². The molecule has 0 saturated carbocycles. The average Bonchev–Trinajstić information content (AvgIpc) is 1.21. The summed E-state index contributed by atoms with van der Waals surface area (Å²) in [6, 6.07) is 0. The first-order chi connectivity index (χ1) is 3.42. The van der Waals surface area contributed by atoms with Gasteiger partial charge in [0, 0.05) is 8.07 Å². The quantitative estimate of drug-likeness (QED) is 0.524. The van der Waals surface area contributed by atoms with E-state index < -0.39 is 8.07 Å². The molecule has 0 unspecified atom stereocenters. The molecule has 0 atom stereocenters. The minimum absolute atomic E-state index is 0.0697. The molecular formula is C6H17Si2-. The third-order valence-electron chi connectivity index (χ3n) is 0.884. The van der Waals surface area contributed by atoms with Crippen molar-refractivity contribution in [2.45, 2.75) is 38.4 Å². The largest absolute Gasteiger partial charge is 0.270 e. The van der Waals surface area contributed by atoms with Crippen molar-refractivity contribution < 1.29 is 0 Å².